The summed E-state index contributed by atoms with van der Waals surface area (Å²) in [5.41, 5.74) is -0.403. The van der Waals surface area contributed by atoms with Crippen molar-refractivity contribution in [3.05, 3.63) is 56.9 Å². The van der Waals surface area contributed by atoms with E-state index in [1.54, 1.807) is 0 Å². The van der Waals surface area contributed by atoms with E-state index in [1.807, 2.05) is 37.2 Å². The molecule has 0 atom stereocenters. The average molecular weight is 593 g/mol. The van der Waals surface area contributed by atoms with E-state index >= 15 is 0 Å². The molecule has 0 radical (unpaired) electrons. The number of hydrogen-bond acceptors (Lipinski definition) is 4. The number of rotatable bonds is 3. The van der Waals surface area contributed by atoms with Crippen molar-refractivity contribution in [2.45, 2.75) is 78.9 Å². The Morgan fingerprint density at radius 1 is 0.600 bits per heavy atom. The fraction of sp³-hybridized carbons (Fsp3) is 0.545. The summed E-state index contributed by atoms with van der Waals surface area (Å²) in [5, 5.41) is 8.47. The van der Waals surface area contributed by atoms with E-state index in [1.165, 1.54) is 5.16 Å². The Balaban J connectivity index is 0.00000145. The van der Waals surface area contributed by atoms with Crippen LogP contribution in [0.2, 0.25) is 0 Å². The van der Waals surface area contributed by atoms with E-state index in [4.69, 9.17) is 42.1 Å². The summed E-state index contributed by atoms with van der Waals surface area (Å²) in [5.74, 6) is 0. The van der Waals surface area contributed by atoms with Gasteiger partial charge in [-0.3, -0.25) is 0 Å². The van der Waals surface area contributed by atoms with Gasteiger partial charge in [0, 0.05) is 70.3 Å². The molecule has 0 aliphatic heterocycles. The van der Waals surface area contributed by atoms with Crippen LogP contribution in [0.3, 0.4) is 0 Å². The smallest absolute Gasteiger partial charge is 0.523 e. The van der Waals surface area contributed by atoms with E-state index in [2.05, 4.69) is 102 Å². The van der Waals surface area contributed by atoms with Crippen LogP contribution in [-0.2, 0) is 33.1 Å². The summed E-state index contributed by atoms with van der Waals surface area (Å²) in [6.07, 6.45) is 12.2. The summed E-state index contributed by atoms with van der Waals surface area (Å²) in [6.45, 7) is 19.3. The Kier molecular flexibility index (Phi) is 10.3. The van der Waals surface area contributed by atoms with Crippen molar-refractivity contribution in [3.63, 3.8) is 0 Å². The minimum atomic E-state index is -0.344. The molecule has 0 amide bonds. The second-order valence-electron chi connectivity index (χ2n) is 11.0. The molecule has 0 aliphatic rings. The molecule has 0 N–H and O–H groups in total. The summed E-state index contributed by atoms with van der Waals surface area (Å²) in [7, 11) is -0.344. The Morgan fingerprint density at radius 3 is 0.943 bits per heavy atom. The quantitative estimate of drug-likeness (QED) is 0.197. The van der Waals surface area contributed by atoms with Crippen LogP contribution >= 0.6 is 48.9 Å². The predicted molar refractivity (Wildman–Crippen MR) is 153 cm³/mol. The average Bonchev–Trinajstić information content (AvgIpc) is 3.34. The molecule has 0 unspecified atom stereocenters. The maximum absolute atomic E-state index is 7.13. The molecule has 0 aromatic carbocycles. The molecule has 7 nitrogen and oxygen atoms in total. The maximum Gasteiger partial charge on any atom is 0.523 e. The number of thiocarbonyl (C=S) groups is 1. The maximum atomic E-state index is 7.13. The molecule has 0 saturated carbocycles. The van der Waals surface area contributed by atoms with Crippen LogP contribution in [0.25, 0.3) is 5.41 Å². The standard InChI is InChI=1S/C21H33BN6S3.CNS.Ni/c1-19(2,3)23-10-13-26(16(23)29)22(27-14-11-24(17(27)30)20(4,5)6)28-15-12-25(18(28)31)21(7,8)9;2-1-3;/h10-15H,1-9H3;;/q;-1;. The van der Waals surface area contributed by atoms with Gasteiger partial charge in [0.1, 0.15) is 0 Å². The fourth-order valence-electron chi connectivity index (χ4n) is 3.63. The summed E-state index contributed by atoms with van der Waals surface area (Å²) in [6, 6.07) is 0. The van der Waals surface area contributed by atoms with Crippen LogP contribution in [0.5, 0.6) is 0 Å². The van der Waals surface area contributed by atoms with Crippen molar-refractivity contribution < 1.29 is 16.5 Å². The van der Waals surface area contributed by atoms with Gasteiger partial charge in [-0.1, -0.05) is 12.2 Å². The molecule has 3 aromatic rings. The number of nitrogens with zero attached hydrogens (tertiary/aromatic N) is 7. The Morgan fingerprint density at radius 2 is 0.800 bits per heavy atom. The number of imidazole rings is 3. The first-order chi connectivity index (χ1) is 15.5. The first-order valence-electron chi connectivity index (χ1n) is 10.9. The molecule has 0 fully saturated rings. The van der Waals surface area contributed by atoms with Gasteiger partial charge in [-0.15, -0.1) is 0 Å². The van der Waals surface area contributed by atoms with E-state index in [0.717, 1.165) is 0 Å². The van der Waals surface area contributed by atoms with Gasteiger partial charge in [-0.05, 0) is 99.0 Å². The van der Waals surface area contributed by atoms with Crippen LogP contribution in [0.1, 0.15) is 62.3 Å². The number of aromatic nitrogens is 6. The second-order valence-corrected chi connectivity index (χ2v) is 12.3. The van der Waals surface area contributed by atoms with E-state index in [-0.39, 0.29) is 40.2 Å². The van der Waals surface area contributed by atoms with Gasteiger partial charge >= 0.3 is 7.12 Å². The summed E-state index contributed by atoms with van der Waals surface area (Å²) >= 11 is 21.4. The molecular weight excluding hydrogens is 560 g/mol. The van der Waals surface area contributed by atoms with Crippen molar-refractivity contribution in [1.82, 2.24) is 27.1 Å². The Hall–Kier alpha value is -1.35. The number of isothiocyanates is 1. The topological polar surface area (TPSA) is 51.9 Å². The van der Waals surface area contributed by atoms with Gasteiger partial charge in [0.2, 0.25) is 0 Å². The van der Waals surface area contributed by atoms with Gasteiger partial charge in [-0.25, -0.2) is 0 Å². The second kappa shape index (κ2) is 11.4. The normalized spacial score (nSPS) is 11.8. The van der Waals surface area contributed by atoms with Crippen molar-refractivity contribution in [3.8, 4) is 0 Å². The predicted octanol–water partition coefficient (Wildman–Crippen LogP) is 6.53. The Bertz CT molecular complexity index is 1200. The van der Waals surface area contributed by atoms with E-state index in [0.29, 0.717) is 14.3 Å². The Labute approximate surface area is 239 Å². The SMILES string of the molecule is CC(C)(C)n1ccn(B(n2ccn(C(C)(C)C)c2=S)n2ccn(C(C)(C)C)c2=S)c1=S.[N-]=C=S.[Ni]. The fourth-order valence-corrected chi connectivity index (χ4v) is 5.10. The molecule has 0 aliphatic carbocycles. The third kappa shape index (κ3) is 6.70. The van der Waals surface area contributed by atoms with E-state index in [9.17, 15) is 0 Å². The summed E-state index contributed by atoms with van der Waals surface area (Å²) in [4.78, 5) is 0. The van der Waals surface area contributed by atoms with Gasteiger partial charge in [0.15, 0.2) is 14.3 Å². The first-order valence-corrected chi connectivity index (χ1v) is 12.5. The monoisotopic (exact) mass is 592 g/mol. The van der Waals surface area contributed by atoms with Crippen LogP contribution < -0.4 is 0 Å². The molecular formula is C22H33BN7NiS4-. The first kappa shape index (κ1) is 31.7. The number of hydrogen-bond donors (Lipinski definition) is 0. The molecule has 0 bridgehead atoms. The van der Waals surface area contributed by atoms with Gasteiger partial charge in [0.05, 0.1) is 0 Å². The molecule has 3 aromatic heterocycles. The van der Waals surface area contributed by atoms with Gasteiger partial charge in [0.25, 0.3) is 0 Å². The van der Waals surface area contributed by atoms with Crippen molar-refractivity contribution in [2.24, 2.45) is 0 Å². The molecule has 13 heteroatoms. The van der Waals surface area contributed by atoms with Crippen LogP contribution in [0.4, 0.5) is 0 Å². The molecule has 194 valence electrons. The minimum absolute atomic E-state index is 0. The zero-order valence-electron chi connectivity index (χ0n) is 21.6. The largest absolute Gasteiger partial charge is 0.753 e. The third-order valence-corrected chi connectivity index (χ3v) is 6.55. The molecule has 0 spiro atoms. The van der Waals surface area contributed by atoms with Crippen molar-refractivity contribution in [2.75, 3.05) is 0 Å². The van der Waals surface area contributed by atoms with Gasteiger partial charge < -0.3 is 32.5 Å². The van der Waals surface area contributed by atoms with Crippen molar-refractivity contribution in [1.29, 1.82) is 0 Å². The van der Waals surface area contributed by atoms with Gasteiger partial charge in [-0.2, -0.15) is 5.16 Å². The molecule has 0 saturated heterocycles. The molecule has 3 heterocycles. The van der Waals surface area contributed by atoms with E-state index < -0.39 is 0 Å². The van der Waals surface area contributed by atoms with Crippen LogP contribution in [0, 0.1) is 14.3 Å². The zero-order chi connectivity index (χ0) is 26.2. The van der Waals surface area contributed by atoms with Crippen LogP contribution in [-0.4, -0.2) is 39.4 Å². The molecule has 35 heavy (non-hydrogen) atoms. The molecule has 3 rings (SSSR count). The van der Waals surface area contributed by atoms with Crippen LogP contribution in [0.15, 0.2) is 37.2 Å². The minimum Gasteiger partial charge on any atom is -0.753 e. The van der Waals surface area contributed by atoms with Crippen molar-refractivity contribution >= 4 is 61.2 Å². The summed E-state index contributed by atoms with van der Waals surface area (Å²) < 4.78 is 14.6. The zero-order valence-corrected chi connectivity index (χ0v) is 25.9. The third-order valence-electron chi connectivity index (χ3n) is 5.32.